The topological polar surface area (TPSA) is 114 Å². The maximum atomic E-state index is 14.5. The number of pyridine rings is 1. The number of halogens is 1. The smallest absolute Gasteiger partial charge is 0.269 e. The molecule has 0 saturated heterocycles. The number of fused-ring (bicyclic) bond motifs is 1. The summed E-state index contributed by atoms with van der Waals surface area (Å²) in [7, 11) is -5.86. The van der Waals surface area contributed by atoms with Gasteiger partial charge in [-0.2, -0.15) is 0 Å². The predicted molar refractivity (Wildman–Crippen MR) is 176 cm³/mol. The third-order valence-electron chi connectivity index (χ3n) is 7.22. The molecule has 2 atom stereocenters. The molecule has 0 spiro atoms. The zero-order valence-electron chi connectivity index (χ0n) is 25.4. The van der Waals surface area contributed by atoms with Crippen LogP contribution < -0.4 is 4.72 Å². The molecule has 0 radical (unpaired) electrons. The van der Waals surface area contributed by atoms with E-state index in [1.807, 2.05) is 33.8 Å². The molecule has 0 aliphatic rings. The summed E-state index contributed by atoms with van der Waals surface area (Å²) in [5.41, 5.74) is 2.72. The summed E-state index contributed by atoms with van der Waals surface area (Å²) in [5.74, 6) is 0.0948. The van der Waals surface area contributed by atoms with Crippen LogP contribution in [0.5, 0.6) is 0 Å². The van der Waals surface area contributed by atoms with Crippen LogP contribution in [0.25, 0.3) is 22.3 Å². The number of aryl methyl sites for hydroxylation is 1. The number of hydrogen-bond acceptors (Lipinski definition) is 6. The minimum Gasteiger partial charge on any atom is -0.386 e. The Balaban J connectivity index is 1.87. The van der Waals surface area contributed by atoms with E-state index in [1.165, 1.54) is 3.97 Å². The average molecular weight is 651 g/mol. The zero-order chi connectivity index (χ0) is 32.0. The Bertz CT molecular complexity index is 1980. The summed E-state index contributed by atoms with van der Waals surface area (Å²) < 4.78 is 46.3. The molecule has 11 heteroatoms. The molecule has 0 aliphatic carbocycles. The summed E-state index contributed by atoms with van der Waals surface area (Å²) in [4.78, 5) is 9.59. The van der Waals surface area contributed by atoms with Gasteiger partial charge in [0.2, 0.25) is 0 Å². The fraction of sp³-hybridized carbons (Fsp3) is 0.273. The molecule has 8 nitrogen and oxygen atoms in total. The van der Waals surface area contributed by atoms with Crippen LogP contribution in [0.4, 0.5) is 0 Å². The summed E-state index contributed by atoms with van der Waals surface area (Å²) in [6.07, 6.45) is 1.60. The van der Waals surface area contributed by atoms with Crippen LogP contribution in [0, 0.1) is 6.92 Å². The van der Waals surface area contributed by atoms with Gasteiger partial charge in [0.15, 0.2) is 0 Å². The lowest BCUT2D eigenvalue weighted by atomic mass is 9.97. The summed E-state index contributed by atoms with van der Waals surface area (Å²) in [6, 6.07) is 21.4. The van der Waals surface area contributed by atoms with Gasteiger partial charge in [-0.15, -0.1) is 0 Å². The van der Waals surface area contributed by atoms with Crippen LogP contribution in [-0.2, 0) is 26.6 Å². The second-order valence-electron chi connectivity index (χ2n) is 12.2. The van der Waals surface area contributed by atoms with Gasteiger partial charge < -0.3 is 5.11 Å². The molecule has 5 aromatic rings. The monoisotopic (exact) mass is 650 g/mol. The van der Waals surface area contributed by atoms with Crippen LogP contribution in [0.15, 0.2) is 90.0 Å². The van der Waals surface area contributed by atoms with E-state index in [4.69, 9.17) is 16.6 Å². The fourth-order valence-corrected chi connectivity index (χ4v) is 7.29. The van der Waals surface area contributed by atoms with Crippen LogP contribution in [-0.4, -0.2) is 36.4 Å². The first-order valence-corrected chi connectivity index (χ1v) is 17.0. The number of rotatable bonds is 8. The Hall–Kier alpha value is -3.41. The van der Waals surface area contributed by atoms with E-state index in [1.54, 1.807) is 92.8 Å². The first-order chi connectivity index (χ1) is 20.6. The number of aliphatic hydroxyl groups is 1. The number of hydrogen-bond donors (Lipinski definition) is 2. The molecule has 5 rings (SSSR count). The fourth-order valence-electron chi connectivity index (χ4n) is 4.76. The summed E-state index contributed by atoms with van der Waals surface area (Å²) in [6.45, 7) is 10.7. The van der Waals surface area contributed by atoms with Crippen LogP contribution in [0.1, 0.15) is 63.2 Å². The van der Waals surface area contributed by atoms with Crippen molar-refractivity contribution in [1.29, 1.82) is 0 Å². The van der Waals surface area contributed by atoms with Gasteiger partial charge in [-0.05, 0) is 89.1 Å². The van der Waals surface area contributed by atoms with Crippen molar-refractivity contribution in [3.63, 3.8) is 0 Å². The van der Waals surface area contributed by atoms with E-state index >= 15 is 0 Å². The Morgan fingerprint density at radius 2 is 1.64 bits per heavy atom. The van der Waals surface area contributed by atoms with E-state index in [0.717, 1.165) is 5.56 Å². The van der Waals surface area contributed by atoms with E-state index in [0.29, 0.717) is 38.4 Å². The lowest BCUT2D eigenvalue weighted by Crippen LogP contribution is -2.37. The zero-order valence-corrected chi connectivity index (χ0v) is 27.8. The van der Waals surface area contributed by atoms with E-state index in [2.05, 4.69) is 9.71 Å². The molecule has 44 heavy (non-hydrogen) atoms. The normalized spacial score (nSPS) is 14.1. The summed E-state index contributed by atoms with van der Waals surface area (Å²) >= 11 is 6.69. The molecule has 0 fully saturated rings. The highest BCUT2D eigenvalue weighted by Gasteiger charge is 2.34. The third kappa shape index (κ3) is 6.23. The van der Waals surface area contributed by atoms with Gasteiger partial charge in [0.1, 0.15) is 11.9 Å². The summed E-state index contributed by atoms with van der Waals surface area (Å²) in [5, 5.41) is 11.0. The van der Waals surface area contributed by atoms with Gasteiger partial charge in [0.05, 0.1) is 43.0 Å². The molecule has 2 heterocycles. The number of aromatic nitrogens is 3. The number of para-hydroxylation sites is 1. The number of nitrogens with zero attached hydrogens (tertiary/aromatic N) is 3. The molecule has 0 amide bonds. The molecule has 0 aliphatic heterocycles. The van der Waals surface area contributed by atoms with Gasteiger partial charge in [-0.3, -0.25) is 4.98 Å². The molecular formula is C33H35ClN4O4S2. The van der Waals surface area contributed by atoms with Crippen molar-refractivity contribution >= 4 is 43.6 Å². The number of imidazole rings is 1. The van der Waals surface area contributed by atoms with Crippen molar-refractivity contribution in [1.82, 2.24) is 18.7 Å². The molecule has 0 saturated carbocycles. The maximum absolute atomic E-state index is 14.5. The van der Waals surface area contributed by atoms with Crippen molar-refractivity contribution in [2.45, 2.75) is 62.8 Å². The third-order valence-corrected chi connectivity index (χ3v) is 10.9. The van der Waals surface area contributed by atoms with E-state index < -0.39 is 37.4 Å². The van der Waals surface area contributed by atoms with Gasteiger partial charge >= 0.3 is 0 Å². The maximum Gasteiger partial charge on any atom is 0.269 e. The quantitative estimate of drug-likeness (QED) is 0.194. The van der Waals surface area contributed by atoms with Crippen LogP contribution in [0.2, 0.25) is 5.02 Å². The average Bonchev–Trinajstić information content (AvgIpc) is 3.36. The number of benzene rings is 3. The second-order valence-corrected chi connectivity index (χ2v) is 16.4. The Morgan fingerprint density at radius 1 is 0.955 bits per heavy atom. The van der Waals surface area contributed by atoms with Crippen LogP contribution in [0.3, 0.4) is 0 Å². The molecule has 0 bridgehead atoms. The van der Waals surface area contributed by atoms with Gasteiger partial charge in [-0.25, -0.2) is 26.3 Å². The molecule has 1 unspecified atom stereocenters. The Labute approximate surface area is 265 Å². The van der Waals surface area contributed by atoms with Gasteiger partial charge in [0.25, 0.3) is 10.0 Å². The first-order valence-electron chi connectivity index (χ1n) is 14.0. The molecule has 230 valence electrons. The lowest BCUT2D eigenvalue weighted by molar-refractivity contribution is 0.0785. The van der Waals surface area contributed by atoms with Crippen molar-refractivity contribution < 1.29 is 17.7 Å². The highest BCUT2D eigenvalue weighted by molar-refractivity contribution is 7.90. The highest BCUT2D eigenvalue weighted by Crippen LogP contribution is 2.37. The van der Waals surface area contributed by atoms with Crippen LogP contribution >= 0.6 is 11.6 Å². The van der Waals surface area contributed by atoms with Gasteiger partial charge in [-0.1, -0.05) is 59.6 Å². The van der Waals surface area contributed by atoms with E-state index in [9.17, 15) is 17.7 Å². The van der Waals surface area contributed by atoms with Crippen molar-refractivity contribution in [3.05, 3.63) is 113 Å². The standard InChI is InChI=1S/C33H35ClN4O4S2/c1-21-14-16-23(17-15-21)44(41,42)38-28-13-9-11-25(27-20-22(18-19-35-27)33(5,6)39)29(28)36-31(38)30(37-43(40)32(2,3)4)24-10-7-8-12-26(24)34/h7-20,30,37,39H,1-6H3/t30-,43?/m0/s1. The minimum atomic E-state index is -4.23. The second kappa shape index (κ2) is 11.8. The first kappa shape index (κ1) is 32.0. The highest BCUT2D eigenvalue weighted by atomic mass is 35.5. The molecule has 2 aromatic heterocycles. The lowest BCUT2D eigenvalue weighted by Gasteiger charge is -2.25. The van der Waals surface area contributed by atoms with Crippen molar-refractivity contribution in [3.8, 4) is 11.3 Å². The van der Waals surface area contributed by atoms with E-state index in [-0.39, 0.29) is 10.7 Å². The van der Waals surface area contributed by atoms with Crippen molar-refractivity contribution in [2.24, 2.45) is 0 Å². The number of nitrogens with one attached hydrogen (secondary N) is 1. The Kier molecular flexibility index (Phi) is 8.60. The minimum absolute atomic E-state index is 0.0751. The molecule has 2 N–H and O–H groups in total. The SMILES string of the molecule is Cc1ccc(S(=O)(=O)n2c([C@@H](NS(=O)C(C)(C)C)c3ccccc3Cl)nc3c(-c4cc(C(C)(C)O)ccn4)cccc32)cc1. The molecular weight excluding hydrogens is 616 g/mol. The van der Waals surface area contributed by atoms with Gasteiger partial charge in [0, 0.05) is 16.8 Å². The molecule has 3 aromatic carbocycles. The largest absolute Gasteiger partial charge is 0.386 e. The Morgan fingerprint density at radius 3 is 2.27 bits per heavy atom. The predicted octanol–water partition coefficient (Wildman–Crippen LogP) is 6.67. The van der Waals surface area contributed by atoms with Crippen molar-refractivity contribution in [2.75, 3.05) is 0 Å².